The van der Waals surface area contributed by atoms with Gasteiger partial charge in [-0.1, -0.05) is 24.3 Å². The fraction of sp³-hybridized carbons (Fsp3) is 0.429. The van der Waals surface area contributed by atoms with E-state index in [-0.39, 0.29) is 6.42 Å². The number of carbonyl (C=O) groups excluding carboxylic acids is 1. The van der Waals surface area contributed by atoms with E-state index in [1.807, 2.05) is 24.3 Å². The standard InChI is InChI=1S/C14H16FNO4/c15-8-11(14(18)19)16-13(17)7-12-10-4-2-1-3-9(10)5-6-20-12/h1-4,11-12H,5-8H2,(H,16,17)(H,18,19). The zero-order chi connectivity index (χ0) is 14.5. The first kappa shape index (κ1) is 14.5. The average molecular weight is 281 g/mol. The van der Waals surface area contributed by atoms with Crippen molar-refractivity contribution >= 4 is 11.9 Å². The third kappa shape index (κ3) is 3.33. The molecule has 0 spiro atoms. The summed E-state index contributed by atoms with van der Waals surface area (Å²) >= 11 is 0. The van der Waals surface area contributed by atoms with Gasteiger partial charge in [0.15, 0.2) is 6.04 Å². The third-order valence-electron chi connectivity index (χ3n) is 3.25. The van der Waals surface area contributed by atoms with Crippen molar-refractivity contribution in [1.29, 1.82) is 0 Å². The Morgan fingerprint density at radius 2 is 2.20 bits per heavy atom. The molecule has 1 aliphatic heterocycles. The molecule has 6 heteroatoms. The second-order valence-corrected chi connectivity index (χ2v) is 4.63. The van der Waals surface area contributed by atoms with Crippen LogP contribution in [-0.2, 0) is 20.7 Å². The Morgan fingerprint density at radius 3 is 2.90 bits per heavy atom. The minimum atomic E-state index is -1.50. The normalized spacial score (nSPS) is 18.9. The maximum atomic E-state index is 12.5. The van der Waals surface area contributed by atoms with Crippen molar-refractivity contribution in [3.63, 3.8) is 0 Å². The SMILES string of the molecule is O=C(CC1OCCc2ccccc21)NC(CF)C(=O)O. The van der Waals surface area contributed by atoms with Crippen LogP contribution in [0.15, 0.2) is 24.3 Å². The first-order valence-electron chi connectivity index (χ1n) is 6.39. The summed E-state index contributed by atoms with van der Waals surface area (Å²) in [6, 6.07) is 6.15. The minimum Gasteiger partial charge on any atom is -0.480 e. The summed E-state index contributed by atoms with van der Waals surface area (Å²) in [6.45, 7) is -0.621. The highest BCUT2D eigenvalue weighted by atomic mass is 19.1. The topological polar surface area (TPSA) is 75.6 Å². The summed E-state index contributed by atoms with van der Waals surface area (Å²) in [7, 11) is 0. The van der Waals surface area contributed by atoms with E-state index >= 15 is 0 Å². The van der Waals surface area contributed by atoms with E-state index in [0.29, 0.717) is 6.61 Å². The highest BCUT2D eigenvalue weighted by Gasteiger charge is 2.25. The molecule has 2 rings (SSSR count). The molecule has 1 aromatic carbocycles. The smallest absolute Gasteiger partial charge is 0.328 e. The molecule has 1 heterocycles. The second kappa shape index (κ2) is 6.47. The molecule has 1 amide bonds. The predicted octanol–water partition coefficient (Wildman–Crippen LogP) is 1.23. The Kier molecular flexibility index (Phi) is 4.68. The van der Waals surface area contributed by atoms with Gasteiger partial charge in [0, 0.05) is 0 Å². The van der Waals surface area contributed by atoms with Gasteiger partial charge in [-0.15, -0.1) is 0 Å². The summed E-state index contributed by atoms with van der Waals surface area (Å²) in [5.41, 5.74) is 2.05. The fourth-order valence-corrected chi connectivity index (χ4v) is 2.23. The second-order valence-electron chi connectivity index (χ2n) is 4.63. The number of benzene rings is 1. The van der Waals surface area contributed by atoms with Gasteiger partial charge in [-0.25, -0.2) is 9.18 Å². The first-order chi connectivity index (χ1) is 9.61. The Bertz CT molecular complexity index is 506. The molecule has 5 nitrogen and oxygen atoms in total. The molecule has 20 heavy (non-hydrogen) atoms. The lowest BCUT2D eigenvalue weighted by Crippen LogP contribution is -2.43. The van der Waals surface area contributed by atoms with Crippen LogP contribution in [0, 0.1) is 0 Å². The van der Waals surface area contributed by atoms with E-state index in [9.17, 15) is 14.0 Å². The highest BCUT2D eigenvalue weighted by molar-refractivity contribution is 5.84. The van der Waals surface area contributed by atoms with Crippen molar-refractivity contribution in [2.24, 2.45) is 0 Å². The van der Waals surface area contributed by atoms with Crippen molar-refractivity contribution in [2.45, 2.75) is 25.0 Å². The number of aliphatic carboxylic acids is 1. The quantitative estimate of drug-likeness (QED) is 0.851. The molecule has 0 fully saturated rings. The number of carboxylic acids is 1. The van der Waals surface area contributed by atoms with Gasteiger partial charge in [-0.05, 0) is 17.5 Å². The van der Waals surface area contributed by atoms with Crippen molar-refractivity contribution in [3.8, 4) is 0 Å². The number of halogens is 1. The van der Waals surface area contributed by atoms with Crippen LogP contribution in [0.2, 0.25) is 0 Å². The number of hydrogen-bond donors (Lipinski definition) is 2. The van der Waals surface area contributed by atoms with Gasteiger partial charge in [-0.3, -0.25) is 4.79 Å². The number of carboxylic acid groups (broad SMARTS) is 1. The van der Waals surface area contributed by atoms with Crippen LogP contribution in [0.1, 0.15) is 23.7 Å². The molecule has 2 atom stereocenters. The van der Waals surface area contributed by atoms with Crippen molar-refractivity contribution in [1.82, 2.24) is 5.32 Å². The van der Waals surface area contributed by atoms with E-state index < -0.39 is 30.7 Å². The van der Waals surface area contributed by atoms with Crippen LogP contribution < -0.4 is 5.32 Å². The van der Waals surface area contributed by atoms with E-state index in [4.69, 9.17) is 9.84 Å². The summed E-state index contributed by atoms with van der Waals surface area (Å²) < 4.78 is 18.0. The van der Waals surface area contributed by atoms with E-state index in [0.717, 1.165) is 17.5 Å². The van der Waals surface area contributed by atoms with Gasteiger partial charge < -0.3 is 15.2 Å². The predicted molar refractivity (Wildman–Crippen MR) is 69.0 cm³/mol. The number of ether oxygens (including phenoxy) is 1. The van der Waals surface area contributed by atoms with Crippen LogP contribution in [0.4, 0.5) is 4.39 Å². The fourth-order valence-electron chi connectivity index (χ4n) is 2.23. The molecule has 0 saturated heterocycles. The minimum absolute atomic E-state index is 0.0131. The molecule has 1 aliphatic rings. The molecule has 0 radical (unpaired) electrons. The Morgan fingerprint density at radius 1 is 1.45 bits per heavy atom. The molecule has 2 unspecified atom stereocenters. The number of hydrogen-bond acceptors (Lipinski definition) is 3. The lowest BCUT2D eigenvalue weighted by molar-refractivity contribution is -0.142. The Hall–Kier alpha value is -1.95. The molecule has 0 aromatic heterocycles. The molecule has 108 valence electrons. The van der Waals surface area contributed by atoms with E-state index in [1.165, 1.54) is 0 Å². The van der Waals surface area contributed by atoms with Gasteiger partial charge >= 0.3 is 5.97 Å². The molecule has 0 bridgehead atoms. The maximum Gasteiger partial charge on any atom is 0.328 e. The number of amides is 1. The highest BCUT2D eigenvalue weighted by Crippen LogP contribution is 2.29. The lowest BCUT2D eigenvalue weighted by atomic mass is 9.95. The number of rotatable bonds is 5. The number of carbonyl (C=O) groups is 2. The lowest BCUT2D eigenvalue weighted by Gasteiger charge is -2.26. The van der Waals surface area contributed by atoms with Crippen LogP contribution in [0.3, 0.4) is 0 Å². The molecule has 2 N–H and O–H groups in total. The van der Waals surface area contributed by atoms with Gasteiger partial charge in [0.2, 0.25) is 5.91 Å². The monoisotopic (exact) mass is 281 g/mol. The maximum absolute atomic E-state index is 12.5. The molecule has 1 aromatic rings. The van der Waals surface area contributed by atoms with Crippen LogP contribution >= 0.6 is 0 Å². The molecular weight excluding hydrogens is 265 g/mol. The number of alkyl halides is 1. The van der Waals surface area contributed by atoms with Gasteiger partial charge in [0.05, 0.1) is 19.1 Å². The van der Waals surface area contributed by atoms with Gasteiger partial charge in [0.1, 0.15) is 6.67 Å². The Balaban J connectivity index is 2.01. The zero-order valence-corrected chi connectivity index (χ0v) is 10.8. The summed E-state index contributed by atoms with van der Waals surface area (Å²) in [4.78, 5) is 22.4. The summed E-state index contributed by atoms with van der Waals surface area (Å²) in [5.74, 6) is -1.91. The van der Waals surface area contributed by atoms with Crippen LogP contribution in [-0.4, -0.2) is 36.3 Å². The van der Waals surface area contributed by atoms with Gasteiger partial charge in [-0.2, -0.15) is 0 Å². The molecule has 0 aliphatic carbocycles. The largest absolute Gasteiger partial charge is 0.480 e. The van der Waals surface area contributed by atoms with E-state index in [1.54, 1.807) is 0 Å². The average Bonchev–Trinajstić information content (AvgIpc) is 2.45. The van der Waals surface area contributed by atoms with Gasteiger partial charge in [0.25, 0.3) is 0 Å². The zero-order valence-electron chi connectivity index (χ0n) is 10.8. The molecular formula is C14H16FNO4. The van der Waals surface area contributed by atoms with Crippen molar-refractivity contribution in [3.05, 3.63) is 35.4 Å². The number of nitrogens with one attached hydrogen (secondary N) is 1. The Labute approximate surface area is 115 Å². The molecule has 0 saturated carbocycles. The van der Waals surface area contributed by atoms with Crippen LogP contribution in [0.5, 0.6) is 0 Å². The first-order valence-corrected chi connectivity index (χ1v) is 6.39. The van der Waals surface area contributed by atoms with Crippen molar-refractivity contribution < 1.29 is 23.8 Å². The summed E-state index contributed by atoms with van der Waals surface area (Å²) in [6.07, 6.45) is 0.367. The van der Waals surface area contributed by atoms with E-state index in [2.05, 4.69) is 5.32 Å². The van der Waals surface area contributed by atoms with Crippen molar-refractivity contribution in [2.75, 3.05) is 13.3 Å². The van der Waals surface area contributed by atoms with Crippen LogP contribution in [0.25, 0.3) is 0 Å². The number of fused-ring (bicyclic) bond motifs is 1. The third-order valence-corrected chi connectivity index (χ3v) is 3.25. The summed E-state index contributed by atoms with van der Waals surface area (Å²) in [5, 5.41) is 10.9.